The molecule has 108 valence electrons. The lowest BCUT2D eigenvalue weighted by Gasteiger charge is -2.31. The zero-order chi connectivity index (χ0) is 14.7. The van der Waals surface area contributed by atoms with Crippen molar-refractivity contribution >= 4 is 17.6 Å². The fourth-order valence-electron chi connectivity index (χ4n) is 1.81. The largest absolute Gasteiger partial charge is 0.398 e. The third kappa shape index (κ3) is 3.37. The maximum absolute atomic E-state index is 11.9. The Hall–Kier alpha value is -2.31. The number of nitrogens with one attached hydrogen (secondary N) is 1. The maximum Gasteiger partial charge on any atom is 0.263 e. The molecule has 2 amide bonds. The minimum atomic E-state index is -0.229. The van der Waals surface area contributed by atoms with Gasteiger partial charge >= 0.3 is 0 Å². The van der Waals surface area contributed by atoms with Gasteiger partial charge in [-0.25, -0.2) is 5.01 Å². The normalized spacial score (nSPS) is 17.9. The van der Waals surface area contributed by atoms with Crippen molar-refractivity contribution in [2.75, 3.05) is 19.6 Å². The standard InChI is InChI=1S/C13H19N5O2/c1-9(2)5-15-12(19)7-18-13(20)8-17-6-10(14)3-4-11(17)16-18/h3-4,6,9H,5,7-8,14H2,1-2H3,(H,15,19). The average Bonchev–Trinajstić information content (AvgIpc) is 2.37. The van der Waals surface area contributed by atoms with E-state index in [9.17, 15) is 9.59 Å². The highest BCUT2D eigenvalue weighted by molar-refractivity contribution is 6.01. The number of carbonyl (C=O) groups is 2. The molecule has 0 spiro atoms. The quantitative estimate of drug-likeness (QED) is 0.730. The molecule has 20 heavy (non-hydrogen) atoms. The number of nitrogens with zero attached hydrogens (tertiary/aromatic N) is 3. The van der Waals surface area contributed by atoms with Crippen LogP contribution in [0.25, 0.3) is 0 Å². The minimum absolute atomic E-state index is 0.0596. The smallest absolute Gasteiger partial charge is 0.263 e. The molecule has 0 unspecified atom stereocenters. The van der Waals surface area contributed by atoms with E-state index in [1.54, 1.807) is 23.3 Å². The number of allylic oxidation sites excluding steroid dienone is 1. The Morgan fingerprint density at radius 2 is 2.25 bits per heavy atom. The van der Waals surface area contributed by atoms with Gasteiger partial charge in [0.1, 0.15) is 13.1 Å². The monoisotopic (exact) mass is 277 g/mol. The van der Waals surface area contributed by atoms with Crippen molar-refractivity contribution in [3.05, 3.63) is 24.0 Å². The number of hydrazone groups is 1. The Kier molecular flexibility index (Phi) is 4.07. The minimum Gasteiger partial charge on any atom is -0.398 e. The van der Waals surface area contributed by atoms with Gasteiger partial charge in [0.2, 0.25) is 5.91 Å². The molecule has 7 heteroatoms. The topological polar surface area (TPSA) is 91.0 Å². The zero-order valence-electron chi connectivity index (χ0n) is 11.7. The fourth-order valence-corrected chi connectivity index (χ4v) is 1.81. The van der Waals surface area contributed by atoms with Crippen LogP contribution < -0.4 is 11.1 Å². The number of amides is 2. The van der Waals surface area contributed by atoms with Crippen LogP contribution in [0.2, 0.25) is 0 Å². The van der Waals surface area contributed by atoms with Gasteiger partial charge in [-0.1, -0.05) is 13.8 Å². The lowest BCUT2D eigenvalue weighted by molar-refractivity contribution is -0.137. The molecule has 2 heterocycles. The molecular weight excluding hydrogens is 258 g/mol. The molecule has 0 aromatic heterocycles. The van der Waals surface area contributed by atoms with Crippen LogP contribution in [0.1, 0.15) is 13.8 Å². The Bertz CT molecular complexity index is 507. The zero-order valence-corrected chi connectivity index (χ0v) is 11.7. The SMILES string of the molecule is CC(C)CNC(=O)CN1N=C2C=CC(N)=CN2CC1=O. The molecule has 0 bridgehead atoms. The summed E-state index contributed by atoms with van der Waals surface area (Å²) in [5.41, 5.74) is 6.23. The molecule has 0 aromatic carbocycles. The van der Waals surface area contributed by atoms with Gasteiger partial charge in [0, 0.05) is 18.4 Å². The molecule has 0 atom stereocenters. The van der Waals surface area contributed by atoms with Gasteiger partial charge in [-0.15, -0.1) is 0 Å². The Morgan fingerprint density at radius 3 is 2.95 bits per heavy atom. The number of hydrogen-bond acceptors (Lipinski definition) is 5. The Balaban J connectivity index is 2.00. The third-order valence-electron chi connectivity index (χ3n) is 2.84. The first-order valence-corrected chi connectivity index (χ1v) is 6.53. The number of fused-ring (bicyclic) bond motifs is 1. The van der Waals surface area contributed by atoms with Crippen LogP contribution in [0.15, 0.2) is 29.2 Å². The highest BCUT2D eigenvalue weighted by Gasteiger charge is 2.27. The Labute approximate surface area is 117 Å². The summed E-state index contributed by atoms with van der Waals surface area (Å²) in [4.78, 5) is 25.3. The summed E-state index contributed by atoms with van der Waals surface area (Å²) in [6, 6.07) is 0. The van der Waals surface area contributed by atoms with Crippen molar-refractivity contribution in [1.82, 2.24) is 15.2 Å². The fraction of sp³-hybridized carbons (Fsp3) is 0.462. The van der Waals surface area contributed by atoms with E-state index in [1.165, 1.54) is 5.01 Å². The van der Waals surface area contributed by atoms with Gasteiger partial charge in [0.05, 0.1) is 0 Å². The van der Waals surface area contributed by atoms with E-state index in [-0.39, 0.29) is 24.9 Å². The summed E-state index contributed by atoms with van der Waals surface area (Å²) >= 11 is 0. The van der Waals surface area contributed by atoms with Gasteiger partial charge in [0.25, 0.3) is 5.91 Å². The summed E-state index contributed by atoms with van der Waals surface area (Å²) < 4.78 is 0. The van der Waals surface area contributed by atoms with E-state index in [0.29, 0.717) is 24.0 Å². The number of rotatable bonds is 4. The molecule has 0 saturated carbocycles. The maximum atomic E-state index is 11.9. The average molecular weight is 277 g/mol. The molecule has 2 aliphatic rings. The third-order valence-corrected chi connectivity index (χ3v) is 2.84. The molecule has 2 rings (SSSR count). The molecule has 0 aromatic rings. The second-order valence-corrected chi connectivity index (χ2v) is 5.20. The summed E-state index contributed by atoms with van der Waals surface area (Å²) in [6.45, 7) is 4.68. The van der Waals surface area contributed by atoms with Gasteiger partial charge in [-0.3, -0.25) is 9.59 Å². The van der Waals surface area contributed by atoms with Gasteiger partial charge in [0.15, 0.2) is 5.84 Å². The van der Waals surface area contributed by atoms with Gasteiger partial charge < -0.3 is 16.0 Å². The van der Waals surface area contributed by atoms with Crippen molar-refractivity contribution < 1.29 is 9.59 Å². The molecule has 7 nitrogen and oxygen atoms in total. The van der Waals surface area contributed by atoms with Crippen molar-refractivity contribution in [3.8, 4) is 0 Å². The van der Waals surface area contributed by atoms with E-state index in [0.717, 1.165) is 0 Å². The number of amidine groups is 1. The molecule has 3 N–H and O–H groups in total. The summed E-state index contributed by atoms with van der Waals surface area (Å²) in [7, 11) is 0. The predicted molar refractivity (Wildman–Crippen MR) is 75.1 cm³/mol. The van der Waals surface area contributed by atoms with Gasteiger partial charge in [-0.2, -0.15) is 5.10 Å². The highest BCUT2D eigenvalue weighted by atomic mass is 16.2. The lowest BCUT2D eigenvalue weighted by atomic mass is 10.2. The Morgan fingerprint density at radius 1 is 1.50 bits per heavy atom. The molecule has 0 saturated heterocycles. The molecule has 0 fully saturated rings. The summed E-state index contributed by atoms with van der Waals surface area (Å²) in [5.74, 6) is 0.537. The van der Waals surface area contributed by atoms with E-state index in [4.69, 9.17) is 5.73 Å². The van der Waals surface area contributed by atoms with E-state index < -0.39 is 0 Å². The first kappa shape index (κ1) is 14.1. The lowest BCUT2D eigenvalue weighted by Crippen LogP contribution is -2.48. The van der Waals surface area contributed by atoms with Crippen LogP contribution in [-0.2, 0) is 9.59 Å². The first-order chi connectivity index (χ1) is 9.45. The molecule has 0 aliphatic carbocycles. The number of carbonyl (C=O) groups excluding carboxylic acids is 2. The van der Waals surface area contributed by atoms with Crippen molar-refractivity contribution in [2.45, 2.75) is 13.8 Å². The van der Waals surface area contributed by atoms with Gasteiger partial charge in [-0.05, 0) is 18.1 Å². The first-order valence-electron chi connectivity index (χ1n) is 6.53. The van der Waals surface area contributed by atoms with E-state index in [1.807, 2.05) is 13.8 Å². The van der Waals surface area contributed by atoms with Crippen LogP contribution in [0, 0.1) is 5.92 Å². The predicted octanol–water partition coefficient (Wildman–Crippen LogP) is -0.414. The van der Waals surface area contributed by atoms with Crippen molar-refractivity contribution in [2.24, 2.45) is 16.8 Å². The summed E-state index contributed by atoms with van der Waals surface area (Å²) in [6.07, 6.45) is 5.09. The van der Waals surface area contributed by atoms with Crippen molar-refractivity contribution in [1.29, 1.82) is 0 Å². The van der Waals surface area contributed by atoms with E-state index >= 15 is 0 Å². The van der Waals surface area contributed by atoms with Crippen LogP contribution in [0.5, 0.6) is 0 Å². The number of hydrogen-bond donors (Lipinski definition) is 2. The van der Waals surface area contributed by atoms with E-state index in [2.05, 4.69) is 10.4 Å². The molecule has 2 aliphatic heterocycles. The summed E-state index contributed by atoms with van der Waals surface area (Å²) in [5, 5.41) is 8.12. The van der Waals surface area contributed by atoms with Crippen LogP contribution in [0.4, 0.5) is 0 Å². The highest BCUT2D eigenvalue weighted by Crippen LogP contribution is 2.12. The second-order valence-electron chi connectivity index (χ2n) is 5.20. The molecule has 0 radical (unpaired) electrons. The second kappa shape index (κ2) is 5.77. The van der Waals surface area contributed by atoms with Crippen LogP contribution in [-0.4, -0.2) is 47.2 Å². The van der Waals surface area contributed by atoms with Crippen LogP contribution >= 0.6 is 0 Å². The molecular formula is C13H19N5O2. The number of nitrogens with two attached hydrogens (primary N) is 1. The van der Waals surface area contributed by atoms with Crippen LogP contribution in [0.3, 0.4) is 0 Å². The van der Waals surface area contributed by atoms with Crippen molar-refractivity contribution in [3.63, 3.8) is 0 Å².